The summed E-state index contributed by atoms with van der Waals surface area (Å²) in [6.07, 6.45) is 4.24. The molecule has 2 bridgehead atoms. The minimum atomic E-state index is 0.0550. The molecule has 4 nitrogen and oxygen atoms in total. The molecule has 1 atom stereocenters. The minimum Gasteiger partial charge on any atom is -0.348 e. The molecule has 1 N–H and O–H groups in total. The topological polar surface area (TPSA) is 45.2 Å². The van der Waals surface area contributed by atoms with Crippen LogP contribution in [-0.2, 0) is 0 Å². The Morgan fingerprint density at radius 3 is 2.85 bits per heavy atom. The van der Waals surface area contributed by atoms with E-state index in [1.807, 2.05) is 29.8 Å². The monoisotopic (exact) mass is 363 g/mol. The number of aromatic nitrogens is 1. The van der Waals surface area contributed by atoms with E-state index in [1.165, 1.54) is 25.9 Å². The Kier molecular flexibility index (Phi) is 3.98. The van der Waals surface area contributed by atoms with Crippen molar-refractivity contribution in [2.45, 2.75) is 18.9 Å². The average Bonchev–Trinajstić information content (AvgIpc) is 3.19. The van der Waals surface area contributed by atoms with E-state index in [2.05, 4.69) is 33.4 Å². The number of hydrogen-bond acceptors (Lipinski definition) is 4. The summed E-state index contributed by atoms with van der Waals surface area (Å²) in [7, 11) is 0. The Labute approximate surface area is 156 Å². The fraction of sp³-hybridized carbons (Fsp3) is 0.333. The molecule has 26 heavy (non-hydrogen) atoms. The van der Waals surface area contributed by atoms with E-state index in [-0.39, 0.29) is 5.91 Å². The molecule has 1 aromatic carbocycles. The van der Waals surface area contributed by atoms with Crippen molar-refractivity contribution in [1.82, 2.24) is 15.2 Å². The highest BCUT2D eigenvalue weighted by Gasteiger charge is 2.35. The first-order valence-corrected chi connectivity index (χ1v) is 10.1. The summed E-state index contributed by atoms with van der Waals surface area (Å²) in [4.78, 5) is 20.8. The highest BCUT2D eigenvalue weighted by molar-refractivity contribution is 7.14. The van der Waals surface area contributed by atoms with Gasteiger partial charge in [0.15, 0.2) is 0 Å². The number of carbonyl (C=O) groups is 1. The zero-order valence-corrected chi connectivity index (χ0v) is 15.3. The summed E-state index contributed by atoms with van der Waals surface area (Å²) < 4.78 is 0. The first-order valence-electron chi connectivity index (χ1n) is 9.24. The van der Waals surface area contributed by atoms with Gasteiger partial charge in [-0.1, -0.05) is 24.3 Å². The second-order valence-corrected chi connectivity index (χ2v) is 8.21. The third-order valence-corrected chi connectivity index (χ3v) is 6.70. The maximum atomic E-state index is 12.8. The largest absolute Gasteiger partial charge is 0.348 e. The Morgan fingerprint density at radius 2 is 2.04 bits per heavy atom. The van der Waals surface area contributed by atoms with Gasteiger partial charge in [0, 0.05) is 40.0 Å². The molecule has 132 valence electrons. The number of amides is 1. The lowest BCUT2D eigenvalue weighted by Gasteiger charge is -2.44. The number of piperidine rings is 3. The minimum absolute atomic E-state index is 0.0550. The van der Waals surface area contributed by atoms with Crippen LogP contribution in [0.25, 0.3) is 21.3 Å². The summed E-state index contributed by atoms with van der Waals surface area (Å²) in [6.45, 7) is 3.38. The molecule has 2 aromatic heterocycles. The number of nitrogens with one attached hydrogen (secondary N) is 1. The van der Waals surface area contributed by atoms with E-state index in [4.69, 9.17) is 0 Å². The highest BCUT2D eigenvalue weighted by Crippen LogP contribution is 2.32. The van der Waals surface area contributed by atoms with Gasteiger partial charge in [-0.25, -0.2) is 0 Å². The maximum absolute atomic E-state index is 12.8. The molecule has 0 saturated carbocycles. The number of para-hydroxylation sites is 1. The number of benzene rings is 1. The first-order chi connectivity index (χ1) is 12.8. The van der Waals surface area contributed by atoms with Gasteiger partial charge in [0.05, 0.1) is 11.1 Å². The molecule has 3 aromatic rings. The van der Waals surface area contributed by atoms with Crippen molar-refractivity contribution in [3.63, 3.8) is 0 Å². The number of pyridine rings is 1. The number of nitrogens with zero attached hydrogens (tertiary/aromatic N) is 2. The smallest absolute Gasteiger partial charge is 0.252 e. The summed E-state index contributed by atoms with van der Waals surface area (Å²) >= 11 is 1.61. The van der Waals surface area contributed by atoms with Crippen LogP contribution >= 0.6 is 11.3 Å². The van der Waals surface area contributed by atoms with E-state index in [0.717, 1.165) is 33.5 Å². The molecule has 3 aliphatic rings. The molecule has 5 heterocycles. The van der Waals surface area contributed by atoms with Gasteiger partial charge in [-0.3, -0.25) is 9.78 Å². The van der Waals surface area contributed by atoms with Crippen molar-refractivity contribution >= 4 is 28.1 Å². The summed E-state index contributed by atoms with van der Waals surface area (Å²) in [6, 6.07) is 12.5. The van der Waals surface area contributed by atoms with Crippen LogP contribution < -0.4 is 5.32 Å². The van der Waals surface area contributed by atoms with E-state index in [1.54, 1.807) is 11.3 Å². The molecular formula is C21H21N3OS. The van der Waals surface area contributed by atoms with Gasteiger partial charge >= 0.3 is 0 Å². The molecule has 0 radical (unpaired) electrons. The Morgan fingerprint density at radius 1 is 1.19 bits per heavy atom. The fourth-order valence-electron chi connectivity index (χ4n) is 4.28. The second kappa shape index (κ2) is 6.49. The molecule has 3 fully saturated rings. The molecule has 3 aliphatic heterocycles. The molecule has 6 rings (SSSR count). The van der Waals surface area contributed by atoms with Crippen molar-refractivity contribution in [3.05, 3.63) is 53.5 Å². The zero-order chi connectivity index (χ0) is 17.5. The van der Waals surface area contributed by atoms with Crippen LogP contribution in [0.5, 0.6) is 0 Å². The lowest BCUT2D eigenvalue weighted by molar-refractivity contribution is 0.0620. The van der Waals surface area contributed by atoms with Crippen molar-refractivity contribution in [1.29, 1.82) is 0 Å². The van der Waals surface area contributed by atoms with Crippen LogP contribution in [0, 0.1) is 5.92 Å². The molecule has 3 saturated heterocycles. The van der Waals surface area contributed by atoms with E-state index < -0.39 is 0 Å². The van der Waals surface area contributed by atoms with Crippen LogP contribution in [0.15, 0.2) is 48.0 Å². The van der Waals surface area contributed by atoms with Crippen LogP contribution in [0.2, 0.25) is 0 Å². The van der Waals surface area contributed by atoms with E-state index in [9.17, 15) is 4.79 Å². The second-order valence-electron chi connectivity index (χ2n) is 7.30. The number of rotatable bonds is 3. The standard InChI is InChI=1S/C21H21N3OS/c25-21(23-18-12-24-9-6-14(18)7-10-24)16-11-19(26-13-16)17-5-1-3-15-4-2-8-22-20(15)17/h1-5,8,11,13-14,18H,6-7,9-10,12H2,(H,23,25)/t18-/m0/s1. The van der Waals surface area contributed by atoms with Crippen LogP contribution in [0.4, 0.5) is 0 Å². The Hall–Kier alpha value is -2.24. The fourth-order valence-corrected chi connectivity index (χ4v) is 5.20. The third-order valence-electron chi connectivity index (χ3n) is 5.73. The number of thiophene rings is 1. The van der Waals surface area contributed by atoms with Gasteiger partial charge in [0.1, 0.15) is 0 Å². The Balaban J connectivity index is 1.39. The molecule has 5 heteroatoms. The average molecular weight is 363 g/mol. The Bertz CT molecular complexity index is 953. The first kappa shape index (κ1) is 16.0. The number of hydrogen-bond donors (Lipinski definition) is 1. The summed E-state index contributed by atoms with van der Waals surface area (Å²) in [5.74, 6) is 0.698. The van der Waals surface area contributed by atoms with Crippen molar-refractivity contribution in [2.75, 3.05) is 19.6 Å². The van der Waals surface area contributed by atoms with Crippen molar-refractivity contribution in [2.24, 2.45) is 5.92 Å². The SMILES string of the molecule is O=C(N[C@H]1CN2CCC1CC2)c1csc(-c2cccc3cccnc23)c1. The van der Waals surface area contributed by atoms with Gasteiger partial charge < -0.3 is 10.2 Å². The van der Waals surface area contributed by atoms with Gasteiger partial charge in [-0.2, -0.15) is 0 Å². The number of carbonyl (C=O) groups excluding carboxylic acids is 1. The number of fused-ring (bicyclic) bond motifs is 4. The lowest BCUT2D eigenvalue weighted by atomic mass is 9.84. The quantitative estimate of drug-likeness (QED) is 0.770. The summed E-state index contributed by atoms with van der Waals surface area (Å²) in [5, 5.41) is 6.37. The third kappa shape index (κ3) is 2.81. The van der Waals surface area contributed by atoms with Crippen LogP contribution in [-0.4, -0.2) is 41.5 Å². The van der Waals surface area contributed by atoms with Crippen LogP contribution in [0.1, 0.15) is 23.2 Å². The summed E-state index contributed by atoms with van der Waals surface area (Å²) in [5.41, 5.74) is 2.84. The maximum Gasteiger partial charge on any atom is 0.252 e. The van der Waals surface area contributed by atoms with Crippen molar-refractivity contribution in [3.8, 4) is 10.4 Å². The highest BCUT2D eigenvalue weighted by atomic mass is 32.1. The van der Waals surface area contributed by atoms with E-state index in [0.29, 0.717) is 12.0 Å². The predicted octanol–water partition coefficient (Wildman–Crippen LogP) is 3.79. The van der Waals surface area contributed by atoms with Gasteiger partial charge in [-0.05, 0) is 44.0 Å². The molecule has 0 aliphatic carbocycles. The van der Waals surface area contributed by atoms with Crippen LogP contribution in [0.3, 0.4) is 0 Å². The molecule has 1 amide bonds. The predicted molar refractivity (Wildman–Crippen MR) is 105 cm³/mol. The molecule has 0 spiro atoms. The molecular weight excluding hydrogens is 342 g/mol. The zero-order valence-electron chi connectivity index (χ0n) is 14.5. The van der Waals surface area contributed by atoms with Gasteiger partial charge in [-0.15, -0.1) is 11.3 Å². The van der Waals surface area contributed by atoms with Gasteiger partial charge in [0.2, 0.25) is 0 Å². The van der Waals surface area contributed by atoms with Crippen molar-refractivity contribution < 1.29 is 4.79 Å². The van der Waals surface area contributed by atoms with E-state index >= 15 is 0 Å². The normalized spacial score (nSPS) is 24.7. The molecule has 0 unspecified atom stereocenters. The van der Waals surface area contributed by atoms with Gasteiger partial charge in [0.25, 0.3) is 5.91 Å². The lowest BCUT2D eigenvalue weighted by Crippen LogP contribution is -2.57.